The Morgan fingerprint density at radius 1 is 1.67 bits per heavy atom. The van der Waals surface area contributed by atoms with Crippen molar-refractivity contribution in [3.05, 3.63) is 17.5 Å². The first-order chi connectivity index (χ1) is 7.20. The van der Waals surface area contributed by atoms with Gasteiger partial charge in [-0.05, 0) is 12.0 Å². The van der Waals surface area contributed by atoms with Crippen LogP contribution in [0.3, 0.4) is 0 Å². The lowest BCUT2D eigenvalue weighted by atomic mass is 10.1. The fourth-order valence-corrected chi connectivity index (χ4v) is 1.55. The first-order valence-electron chi connectivity index (χ1n) is 4.57. The minimum atomic E-state index is -0.918. The first kappa shape index (κ1) is 9.70. The number of amides is 1. The van der Waals surface area contributed by atoms with Gasteiger partial charge in [0.25, 0.3) is 0 Å². The number of carboxylic acid groups (broad SMARTS) is 1. The number of rotatable bonds is 1. The molecule has 0 aromatic carbocycles. The second kappa shape index (κ2) is 3.72. The number of ether oxygens (including phenoxy) is 1. The lowest BCUT2D eigenvalue weighted by Crippen LogP contribution is -2.35. The van der Waals surface area contributed by atoms with Crippen LogP contribution in [-0.4, -0.2) is 39.7 Å². The van der Waals surface area contributed by atoms with Crippen molar-refractivity contribution in [3.63, 3.8) is 0 Å². The van der Waals surface area contributed by atoms with Crippen molar-refractivity contribution < 1.29 is 14.6 Å². The zero-order chi connectivity index (χ0) is 10.8. The lowest BCUT2D eigenvalue weighted by molar-refractivity contribution is 0.138. The van der Waals surface area contributed by atoms with Crippen LogP contribution in [0, 0.1) is 0 Å². The van der Waals surface area contributed by atoms with Crippen molar-refractivity contribution in [1.82, 2.24) is 14.9 Å². The highest BCUT2D eigenvalue weighted by Crippen LogP contribution is 2.17. The highest BCUT2D eigenvalue weighted by molar-refractivity contribution is 5.65. The Kier molecular flexibility index (Phi) is 2.40. The van der Waals surface area contributed by atoms with Gasteiger partial charge >= 0.3 is 12.1 Å². The van der Waals surface area contributed by atoms with Crippen LogP contribution in [0.2, 0.25) is 0 Å². The summed E-state index contributed by atoms with van der Waals surface area (Å²) < 4.78 is 4.89. The molecule has 1 aromatic rings. The largest absolute Gasteiger partial charge is 0.467 e. The van der Waals surface area contributed by atoms with E-state index >= 15 is 0 Å². The van der Waals surface area contributed by atoms with E-state index in [2.05, 4.69) is 9.97 Å². The fourth-order valence-electron chi connectivity index (χ4n) is 1.55. The summed E-state index contributed by atoms with van der Waals surface area (Å²) in [5.74, 6) is 0. The van der Waals surface area contributed by atoms with E-state index in [4.69, 9.17) is 9.84 Å². The number of carbonyl (C=O) groups is 1. The third-order valence-electron chi connectivity index (χ3n) is 2.38. The molecule has 1 amide bonds. The summed E-state index contributed by atoms with van der Waals surface area (Å²) in [5, 5.41) is 8.84. The molecule has 0 atom stereocenters. The maximum absolute atomic E-state index is 10.8. The third-order valence-corrected chi connectivity index (χ3v) is 2.38. The number of hydrogen-bond donors (Lipinski definition) is 1. The first-order valence-corrected chi connectivity index (χ1v) is 4.57. The average Bonchev–Trinajstić information content (AvgIpc) is 2.27. The Morgan fingerprint density at radius 3 is 3.13 bits per heavy atom. The molecule has 15 heavy (non-hydrogen) atoms. The van der Waals surface area contributed by atoms with Gasteiger partial charge < -0.3 is 14.7 Å². The molecular formula is C9H11N3O3. The van der Waals surface area contributed by atoms with E-state index < -0.39 is 6.09 Å². The quantitative estimate of drug-likeness (QED) is 0.729. The molecule has 0 fully saturated rings. The molecular weight excluding hydrogens is 198 g/mol. The number of hydrogen-bond acceptors (Lipinski definition) is 4. The summed E-state index contributed by atoms with van der Waals surface area (Å²) >= 11 is 0. The predicted octanol–water partition coefficient (Wildman–Crippen LogP) is 0.521. The lowest BCUT2D eigenvalue weighted by Gasteiger charge is -2.25. The van der Waals surface area contributed by atoms with E-state index in [1.54, 1.807) is 6.20 Å². The highest BCUT2D eigenvalue weighted by atomic mass is 16.5. The van der Waals surface area contributed by atoms with E-state index in [9.17, 15) is 4.79 Å². The minimum absolute atomic E-state index is 0.279. The van der Waals surface area contributed by atoms with Gasteiger partial charge in [-0.1, -0.05) is 0 Å². The van der Waals surface area contributed by atoms with Gasteiger partial charge in [-0.15, -0.1) is 0 Å². The van der Waals surface area contributed by atoms with Crippen LogP contribution in [0.15, 0.2) is 6.20 Å². The van der Waals surface area contributed by atoms with Gasteiger partial charge in [0.15, 0.2) is 0 Å². The predicted molar refractivity (Wildman–Crippen MR) is 50.7 cm³/mol. The van der Waals surface area contributed by atoms with E-state index in [0.717, 1.165) is 11.3 Å². The molecule has 1 aromatic heterocycles. The molecule has 0 bridgehead atoms. The van der Waals surface area contributed by atoms with Crippen LogP contribution in [-0.2, 0) is 13.0 Å². The summed E-state index contributed by atoms with van der Waals surface area (Å²) in [5.41, 5.74) is 1.73. The Morgan fingerprint density at radius 2 is 2.47 bits per heavy atom. The van der Waals surface area contributed by atoms with Gasteiger partial charge in [0.05, 0.1) is 19.3 Å². The van der Waals surface area contributed by atoms with E-state index in [-0.39, 0.29) is 6.01 Å². The molecule has 0 radical (unpaired) electrons. The summed E-state index contributed by atoms with van der Waals surface area (Å²) in [6, 6.07) is 0.279. The van der Waals surface area contributed by atoms with Gasteiger partial charge in [-0.2, -0.15) is 4.98 Å². The molecule has 1 N–H and O–H groups in total. The Bertz CT molecular complexity index is 394. The number of aromatic nitrogens is 2. The molecule has 0 saturated carbocycles. The van der Waals surface area contributed by atoms with Crippen molar-refractivity contribution in [3.8, 4) is 6.01 Å². The van der Waals surface area contributed by atoms with Crippen LogP contribution >= 0.6 is 0 Å². The SMILES string of the molecule is COc1ncc2c(n1)CN(C(=O)O)CC2. The molecule has 2 rings (SSSR count). The van der Waals surface area contributed by atoms with E-state index in [1.165, 1.54) is 12.0 Å². The maximum atomic E-state index is 10.8. The normalized spacial score (nSPS) is 14.6. The van der Waals surface area contributed by atoms with Crippen LogP contribution in [0.4, 0.5) is 4.79 Å². The van der Waals surface area contributed by atoms with Crippen molar-refractivity contribution in [1.29, 1.82) is 0 Å². The van der Waals surface area contributed by atoms with Crippen LogP contribution in [0.5, 0.6) is 6.01 Å². The third kappa shape index (κ3) is 1.83. The topological polar surface area (TPSA) is 75.6 Å². The summed E-state index contributed by atoms with van der Waals surface area (Å²) in [7, 11) is 1.49. The molecule has 0 saturated heterocycles. The van der Waals surface area contributed by atoms with E-state index in [0.29, 0.717) is 19.5 Å². The standard InChI is InChI=1S/C9H11N3O3/c1-15-8-10-4-6-2-3-12(9(13)14)5-7(6)11-8/h4H,2-3,5H2,1H3,(H,13,14). The molecule has 6 heteroatoms. The second-order valence-electron chi connectivity index (χ2n) is 3.28. The average molecular weight is 209 g/mol. The van der Waals surface area contributed by atoms with Gasteiger partial charge in [0, 0.05) is 12.7 Å². The van der Waals surface area contributed by atoms with Crippen molar-refractivity contribution in [2.45, 2.75) is 13.0 Å². The second-order valence-corrected chi connectivity index (χ2v) is 3.28. The molecule has 0 aliphatic carbocycles. The number of fused-ring (bicyclic) bond motifs is 1. The molecule has 1 aliphatic rings. The van der Waals surface area contributed by atoms with Gasteiger partial charge in [0.1, 0.15) is 0 Å². The van der Waals surface area contributed by atoms with Gasteiger partial charge in [-0.25, -0.2) is 9.78 Å². The fraction of sp³-hybridized carbons (Fsp3) is 0.444. The summed E-state index contributed by atoms with van der Waals surface area (Å²) in [6.45, 7) is 0.807. The maximum Gasteiger partial charge on any atom is 0.407 e. The molecule has 2 heterocycles. The zero-order valence-corrected chi connectivity index (χ0v) is 8.30. The van der Waals surface area contributed by atoms with E-state index in [1.807, 2.05) is 0 Å². The van der Waals surface area contributed by atoms with Crippen LogP contribution in [0.1, 0.15) is 11.3 Å². The molecule has 1 aliphatic heterocycles. The van der Waals surface area contributed by atoms with Gasteiger partial charge in [-0.3, -0.25) is 0 Å². The molecule has 6 nitrogen and oxygen atoms in total. The Hall–Kier alpha value is -1.85. The smallest absolute Gasteiger partial charge is 0.407 e. The summed E-state index contributed by atoms with van der Waals surface area (Å²) in [4.78, 5) is 20.2. The van der Waals surface area contributed by atoms with Gasteiger partial charge in [0.2, 0.25) is 0 Å². The molecule has 0 unspecified atom stereocenters. The molecule has 0 spiro atoms. The number of methoxy groups -OCH3 is 1. The number of nitrogens with zero attached hydrogens (tertiary/aromatic N) is 3. The monoisotopic (exact) mass is 209 g/mol. The van der Waals surface area contributed by atoms with Crippen LogP contribution in [0.25, 0.3) is 0 Å². The van der Waals surface area contributed by atoms with Crippen molar-refractivity contribution in [2.75, 3.05) is 13.7 Å². The van der Waals surface area contributed by atoms with Crippen molar-refractivity contribution >= 4 is 6.09 Å². The Balaban J connectivity index is 2.27. The van der Waals surface area contributed by atoms with Crippen LogP contribution < -0.4 is 4.74 Å². The zero-order valence-electron chi connectivity index (χ0n) is 8.30. The molecule has 80 valence electrons. The minimum Gasteiger partial charge on any atom is -0.467 e. The van der Waals surface area contributed by atoms with Crippen molar-refractivity contribution in [2.24, 2.45) is 0 Å². The highest BCUT2D eigenvalue weighted by Gasteiger charge is 2.21. The Labute approximate surface area is 86.5 Å². The summed E-state index contributed by atoms with van der Waals surface area (Å²) in [6.07, 6.45) is 1.43.